The van der Waals surface area contributed by atoms with E-state index in [-0.39, 0.29) is 33.3 Å². The van der Waals surface area contributed by atoms with Crippen LogP contribution < -0.4 is 4.72 Å². The van der Waals surface area contributed by atoms with Gasteiger partial charge in [-0.1, -0.05) is 29.8 Å². The van der Waals surface area contributed by atoms with Crippen molar-refractivity contribution < 1.29 is 22.7 Å². The first-order valence-corrected chi connectivity index (χ1v) is 11.9. The van der Waals surface area contributed by atoms with Crippen molar-refractivity contribution in [2.75, 3.05) is 24.4 Å². The fourth-order valence-electron chi connectivity index (χ4n) is 3.49. The third-order valence-corrected chi connectivity index (χ3v) is 7.11. The first-order chi connectivity index (χ1) is 14.7. The number of anilines is 1. The van der Waals surface area contributed by atoms with Crippen LogP contribution in [0.4, 0.5) is 5.69 Å². The summed E-state index contributed by atoms with van der Waals surface area (Å²) < 4.78 is 33.5. The second-order valence-electron chi connectivity index (χ2n) is 7.38. The van der Waals surface area contributed by atoms with Crippen molar-refractivity contribution in [2.45, 2.75) is 31.6 Å². The molecule has 0 spiro atoms. The summed E-state index contributed by atoms with van der Waals surface area (Å²) in [6.45, 7) is 4.68. The second kappa shape index (κ2) is 9.70. The maximum atomic E-state index is 13.0. The highest BCUT2D eigenvalue weighted by molar-refractivity contribution is 7.92. The van der Waals surface area contributed by atoms with Crippen LogP contribution in [0.15, 0.2) is 47.4 Å². The summed E-state index contributed by atoms with van der Waals surface area (Å²) in [5.74, 6) is -0.758. The summed E-state index contributed by atoms with van der Waals surface area (Å²) in [7, 11) is -3.99. The molecule has 0 saturated carbocycles. The molecule has 1 N–H and O–H groups in total. The Hall–Kier alpha value is -2.58. The van der Waals surface area contributed by atoms with Crippen molar-refractivity contribution in [3.05, 3.63) is 58.6 Å². The van der Waals surface area contributed by atoms with E-state index in [0.29, 0.717) is 38.2 Å². The molecule has 0 unspecified atom stereocenters. The van der Waals surface area contributed by atoms with Gasteiger partial charge in [-0.15, -0.1) is 0 Å². The largest absolute Gasteiger partial charge is 0.466 e. The zero-order chi connectivity index (χ0) is 22.6. The summed E-state index contributed by atoms with van der Waals surface area (Å²) in [6, 6.07) is 11.2. The molecule has 1 fully saturated rings. The lowest BCUT2D eigenvalue weighted by molar-refractivity contribution is -0.149. The quantitative estimate of drug-likeness (QED) is 0.655. The molecule has 0 atom stereocenters. The Kier molecular flexibility index (Phi) is 7.23. The molecule has 1 aliphatic heterocycles. The van der Waals surface area contributed by atoms with Crippen molar-refractivity contribution in [3.63, 3.8) is 0 Å². The molecule has 31 heavy (non-hydrogen) atoms. The van der Waals surface area contributed by atoms with Gasteiger partial charge in [-0.25, -0.2) is 8.42 Å². The molecule has 3 rings (SSSR count). The van der Waals surface area contributed by atoms with Gasteiger partial charge in [0.15, 0.2) is 0 Å². The van der Waals surface area contributed by atoms with E-state index in [4.69, 9.17) is 16.3 Å². The van der Waals surface area contributed by atoms with Crippen LogP contribution >= 0.6 is 11.6 Å². The zero-order valence-corrected chi connectivity index (χ0v) is 19.0. The van der Waals surface area contributed by atoms with Gasteiger partial charge >= 0.3 is 5.97 Å². The van der Waals surface area contributed by atoms with Gasteiger partial charge in [0, 0.05) is 18.7 Å². The van der Waals surface area contributed by atoms with E-state index in [1.165, 1.54) is 18.2 Å². The monoisotopic (exact) mass is 464 g/mol. The van der Waals surface area contributed by atoms with Gasteiger partial charge in [-0.3, -0.25) is 14.3 Å². The SMILES string of the molecule is CCOC(=O)C1CCN(C(=O)c2ccc(Cl)c(S(=O)(=O)Nc3ccccc3C)c2)CC1. The third kappa shape index (κ3) is 5.37. The molecule has 2 aromatic carbocycles. The van der Waals surface area contributed by atoms with E-state index in [1.807, 2.05) is 6.07 Å². The van der Waals surface area contributed by atoms with Crippen LogP contribution in [0.1, 0.15) is 35.7 Å². The van der Waals surface area contributed by atoms with E-state index in [2.05, 4.69) is 4.72 Å². The van der Waals surface area contributed by atoms with Gasteiger partial charge in [0.2, 0.25) is 0 Å². The fourth-order valence-corrected chi connectivity index (χ4v) is 5.15. The van der Waals surface area contributed by atoms with Crippen LogP contribution in [0.2, 0.25) is 5.02 Å². The number of para-hydroxylation sites is 1. The minimum Gasteiger partial charge on any atom is -0.466 e. The summed E-state index contributed by atoms with van der Waals surface area (Å²) in [5, 5.41) is 0.0265. The molecule has 0 bridgehead atoms. The Morgan fingerprint density at radius 2 is 1.84 bits per heavy atom. The fraction of sp³-hybridized carbons (Fsp3) is 0.364. The van der Waals surface area contributed by atoms with E-state index in [0.717, 1.165) is 5.56 Å². The van der Waals surface area contributed by atoms with Crippen LogP contribution in [0.25, 0.3) is 0 Å². The molecular weight excluding hydrogens is 440 g/mol. The molecule has 7 nitrogen and oxygen atoms in total. The highest BCUT2D eigenvalue weighted by Crippen LogP contribution is 2.27. The van der Waals surface area contributed by atoms with Crippen molar-refractivity contribution >= 4 is 39.2 Å². The van der Waals surface area contributed by atoms with E-state index in [9.17, 15) is 18.0 Å². The number of hydrogen-bond acceptors (Lipinski definition) is 5. The van der Waals surface area contributed by atoms with Gasteiger partial charge in [-0.05, 0) is 56.5 Å². The molecule has 0 radical (unpaired) electrons. The maximum absolute atomic E-state index is 13.0. The van der Waals surface area contributed by atoms with Crippen molar-refractivity contribution in [1.29, 1.82) is 0 Å². The number of nitrogens with zero attached hydrogens (tertiary/aromatic N) is 1. The number of hydrogen-bond donors (Lipinski definition) is 1. The number of amides is 1. The van der Waals surface area contributed by atoms with Gasteiger partial charge in [0.1, 0.15) is 4.90 Å². The maximum Gasteiger partial charge on any atom is 0.309 e. The predicted octanol–water partition coefficient (Wildman–Crippen LogP) is 3.86. The Morgan fingerprint density at radius 1 is 1.16 bits per heavy atom. The molecule has 9 heteroatoms. The Morgan fingerprint density at radius 3 is 2.48 bits per heavy atom. The molecule has 1 amide bonds. The standard InChI is InChI=1S/C22H25ClN2O5S/c1-3-30-22(27)16-10-12-25(13-11-16)21(26)17-8-9-18(23)20(14-17)31(28,29)24-19-7-5-4-6-15(19)2/h4-9,14,16,24H,3,10-13H2,1-2H3. The molecular formula is C22H25ClN2O5S. The Balaban J connectivity index is 1.77. The molecule has 1 saturated heterocycles. The molecule has 166 valence electrons. The van der Waals surface area contributed by atoms with Crippen LogP contribution in [0.5, 0.6) is 0 Å². The lowest BCUT2D eigenvalue weighted by Crippen LogP contribution is -2.40. The van der Waals surface area contributed by atoms with Gasteiger partial charge in [0.05, 0.1) is 23.2 Å². The molecule has 1 aliphatic rings. The number of nitrogens with one attached hydrogen (secondary N) is 1. The van der Waals surface area contributed by atoms with E-state index < -0.39 is 10.0 Å². The third-order valence-electron chi connectivity index (χ3n) is 5.26. The first-order valence-electron chi connectivity index (χ1n) is 10.1. The van der Waals surface area contributed by atoms with Gasteiger partial charge in [-0.2, -0.15) is 0 Å². The number of ether oxygens (including phenoxy) is 1. The average molecular weight is 465 g/mol. The molecule has 0 aromatic heterocycles. The van der Waals surface area contributed by atoms with Crippen LogP contribution in [-0.4, -0.2) is 44.9 Å². The number of carbonyl (C=O) groups is 2. The number of piperidine rings is 1. The van der Waals surface area contributed by atoms with Crippen LogP contribution in [-0.2, 0) is 19.6 Å². The number of benzene rings is 2. The minimum absolute atomic E-state index is 0.0265. The minimum atomic E-state index is -3.99. The normalized spacial score (nSPS) is 14.9. The number of sulfonamides is 1. The number of likely N-dealkylation sites (tertiary alicyclic amines) is 1. The zero-order valence-electron chi connectivity index (χ0n) is 17.4. The van der Waals surface area contributed by atoms with Gasteiger partial charge < -0.3 is 9.64 Å². The van der Waals surface area contributed by atoms with Crippen molar-refractivity contribution in [1.82, 2.24) is 4.90 Å². The lowest BCUT2D eigenvalue weighted by Gasteiger charge is -2.31. The summed E-state index contributed by atoms with van der Waals surface area (Å²) in [6.07, 6.45) is 1.02. The van der Waals surface area contributed by atoms with Crippen LogP contribution in [0, 0.1) is 12.8 Å². The number of aryl methyl sites for hydroxylation is 1. The van der Waals surface area contributed by atoms with E-state index in [1.54, 1.807) is 36.9 Å². The van der Waals surface area contributed by atoms with Crippen molar-refractivity contribution in [2.24, 2.45) is 5.92 Å². The summed E-state index contributed by atoms with van der Waals surface area (Å²) >= 11 is 6.17. The van der Waals surface area contributed by atoms with Crippen LogP contribution in [0.3, 0.4) is 0 Å². The number of carbonyl (C=O) groups excluding carboxylic acids is 2. The predicted molar refractivity (Wildman–Crippen MR) is 119 cm³/mol. The second-order valence-corrected chi connectivity index (χ2v) is 9.44. The Labute approximate surface area is 187 Å². The lowest BCUT2D eigenvalue weighted by atomic mass is 9.96. The highest BCUT2D eigenvalue weighted by atomic mass is 35.5. The van der Waals surface area contributed by atoms with E-state index >= 15 is 0 Å². The summed E-state index contributed by atoms with van der Waals surface area (Å²) in [4.78, 5) is 26.3. The van der Waals surface area contributed by atoms with Gasteiger partial charge in [0.25, 0.3) is 15.9 Å². The molecule has 2 aromatic rings. The smallest absolute Gasteiger partial charge is 0.309 e. The molecule has 1 heterocycles. The molecule has 0 aliphatic carbocycles. The number of esters is 1. The topological polar surface area (TPSA) is 92.8 Å². The highest BCUT2D eigenvalue weighted by Gasteiger charge is 2.29. The number of halogens is 1. The van der Waals surface area contributed by atoms with Crippen molar-refractivity contribution in [3.8, 4) is 0 Å². The first kappa shape index (κ1) is 23.1. The average Bonchev–Trinajstić information content (AvgIpc) is 2.75. The number of rotatable bonds is 6. The summed E-state index contributed by atoms with van der Waals surface area (Å²) in [5.41, 5.74) is 1.43. The Bertz CT molecular complexity index is 1080.